The molecule has 0 aliphatic rings. The van der Waals surface area contributed by atoms with Gasteiger partial charge in [0.25, 0.3) is 0 Å². The molecule has 0 fully saturated rings. The van der Waals surface area contributed by atoms with Gasteiger partial charge in [-0.05, 0) is 63.1 Å². The molecule has 0 aliphatic heterocycles. The van der Waals surface area contributed by atoms with Crippen molar-refractivity contribution in [2.24, 2.45) is 0 Å². The number of hydrogen-bond acceptors (Lipinski definition) is 3. The Bertz CT molecular complexity index is 1220. The summed E-state index contributed by atoms with van der Waals surface area (Å²) in [4.78, 5) is 15.9. The van der Waals surface area contributed by atoms with Crippen LogP contribution in [0.1, 0.15) is 22.4 Å². The topological polar surface area (TPSA) is 58.0 Å². The molecule has 0 radical (unpaired) electrons. The molecule has 4 rings (SSSR count). The molecule has 0 bridgehead atoms. The van der Waals surface area contributed by atoms with E-state index in [2.05, 4.69) is 37.0 Å². The number of carboxylic acid groups (broad SMARTS) is 1. The van der Waals surface area contributed by atoms with Gasteiger partial charge in [0.05, 0.1) is 18.0 Å². The van der Waals surface area contributed by atoms with Crippen molar-refractivity contribution in [2.75, 3.05) is 0 Å². The zero-order valence-electron chi connectivity index (χ0n) is 17.0. The largest absolute Gasteiger partial charge is 1.00 e. The Balaban J connectivity index is 0.00000225. The molecule has 2 aromatic carbocycles. The van der Waals surface area contributed by atoms with Crippen molar-refractivity contribution < 1.29 is 39.5 Å². The van der Waals surface area contributed by atoms with Crippen molar-refractivity contribution in [3.05, 3.63) is 65.0 Å². The minimum absolute atomic E-state index is 0. The molecule has 136 valence electrons. The van der Waals surface area contributed by atoms with Gasteiger partial charge in [-0.15, -0.1) is 0 Å². The van der Waals surface area contributed by atoms with Crippen LogP contribution in [0.25, 0.3) is 32.9 Å². The number of aromatic nitrogens is 2. The molecule has 0 saturated carbocycles. The quantitative estimate of drug-likeness (QED) is 0.495. The number of carbonyl (C=O) groups excluding carboxylic acids is 1. The van der Waals surface area contributed by atoms with E-state index in [0.29, 0.717) is 0 Å². The van der Waals surface area contributed by atoms with Gasteiger partial charge in [0.2, 0.25) is 0 Å². The third-order valence-corrected chi connectivity index (χ3v) is 5.22. The molecule has 2 heterocycles. The normalized spacial score (nSPS) is 11.0. The number of benzene rings is 2. The van der Waals surface area contributed by atoms with E-state index in [1.54, 1.807) is 0 Å². The Kier molecular flexibility index (Phi) is 5.67. The van der Waals surface area contributed by atoms with E-state index in [1.165, 1.54) is 5.56 Å². The van der Waals surface area contributed by atoms with Gasteiger partial charge in [0.15, 0.2) is 0 Å². The Labute approximate surface area is 186 Å². The van der Waals surface area contributed by atoms with Crippen LogP contribution in [0, 0.1) is 27.7 Å². The smallest absolute Gasteiger partial charge is 0.548 e. The number of hydrogen-bond donors (Lipinski definition) is 0. The first kappa shape index (κ1) is 20.6. The van der Waals surface area contributed by atoms with Crippen LogP contribution < -0.4 is 34.7 Å². The minimum atomic E-state index is -1.09. The van der Waals surface area contributed by atoms with Gasteiger partial charge < -0.3 is 14.5 Å². The molecule has 4 aromatic rings. The standard InChI is InChI=1S/C23H22N2O2.Na/c1-13-5-6-20-19(10-13)22(16(4)25(20)12-21(26)27)17-7-8-24-23-15(3)9-14(2)11-18(17)23;/h5-11H,12H2,1-4H3,(H,26,27);/q;+1/p-1. The summed E-state index contributed by atoms with van der Waals surface area (Å²) >= 11 is 0. The summed E-state index contributed by atoms with van der Waals surface area (Å²) in [6.07, 6.45) is 1.83. The van der Waals surface area contributed by atoms with Crippen molar-refractivity contribution in [2.45, 2.75) is 34.2 Å². The number of carboxylic acids is 1. The first-order valence-corrected chi connectivity index (χ1v) is 9.02. The van der Waals surface area contributed by atoms with E-state index in [4.69, 9.17) is 0 Å². The first-order chi connectivity index (χ1) is 12.9. The SMILES string of the molecule is Cc1cc(C)c2nccc(-c3c(C)n(CC(=O)[O-])c4ccc(C)cc34)c2c1.[Na+]. The Morgan fingerprint density at radius 3 is 2.43 bits per heavy atom. The second-order valence-electron chi connectivity index (χ2n) is 7.28. The molecule has 0 N–H and O–H groups in total. The number of pyridine rings is 1. The molecule has 2 aromatic heterocycles. The molecule has 0 atom stereocenters. The fraction of sp³-hybridized carbons (Fsp3) is 0.217. The predicted molar refractivity (Wildman–Crippen MR) is 107 cm³/mol. The number of nitrogens with zero attached hydrogens (tertiary/aromatic N) is 2. The van der Waals surface area contributed by atoms with Crippen LogP contribution in [0.2, 0.25) is 0 Å². The maximum atomic E-state index is 11.3. The van der Waals surface area contributed by atoms with E-state index in [9.17, 15) is 9.90 Å². The molecule has 28 heavy (non-hydrogen) atoms. The molecule has 0 amide bonds. The molecular weight excluding hydrogens is 359 g/mol. The molecule has 0 spiro atoms. The molecule has 0 unspecified atom stereocenters. The van der Waals surface area contributed by atoms with E-state index >= 15 is 0 Å². The van der Waals surface area contributed by atoms with Gasteiger partial charge >= 0.3 is 29.6 Å². The number of aliphatic carboxylic acids is 1. The van der Waals surface area contributed by atoms with E-state index in [-0.39, 0.29) is 36.1 Å². The number of aryl methyl sites for hydroxylation is 3. The molecule has 5 heteroatoms. The second kappa shape index (κ2) is 7.70. The van der Waals surface area contributed by atoms with E-state index in [1.807, 2.05) is 42.8 Å². The van der Waals surface area contributed by atoms with Crippen LogP contribution in [0.4, 0.5) is 0 Å². The Hall–Kier alpha value is -2.14. The van der Waals surface area contributed by atoms with Crippen LogP contribution in [0.15, 0.2) is 42.6 Å². The summed E-state index contributed by atoms with van der Waals surface area (Å²) in [5.74, 6) is -1.09. The van der Waals surface area contributed by atoms with Gasteiger partial charge in [-0.2, -0.15) is 0 Å². The van der Waals surface area contributed by atoms with Crippen LogP contribution in [0.5, 0.6) is 0 Å². The summed E-state index contributed by atoms with van der Waals surface area (Å²) in [6.45, 7) is 8.02. The maximum Gasteiger partial charge on any atom is 1.00 e. The van der Waals surface area contributed by atoms with Crippen molar-refractivity contribution in [3.8, 4) is 11.1 Å². The second-order valence-corrected chi connectivity index (χ2v) is 7.28. The monoisotopic (exact) mass is 380 g/mol. The fourth-order valence-corrected chi connectivity index (χ4v) is 4.10. The third kappa shape index (κ3) is 3.37. The molecule has 0 aliphatic carbocycles. The number of rotatable bonds is 3. The predicted octanol–water partition coefficient (Wildman–Crippen LogP) is 0.844. The first-order valence-electron chi connectivity index (χ1n) is 9.02. The van der Waals surface area contributed by atoms with Crippen LogP contribution in [-0.2, 0) is 11.3 Å². The maximum absolute atomic E-state index is 11.3. The Morgan fingerprint density at radius 2 is 1.71 bits per heavy atom. The van der Waals surface area contributed by atoms with Gasteiger partial charge in [-0.25, -0.2) is 0 Å². The zero-order chi connectivity index (χ0) is 19.3. The average Bonchev–Trinajstić information content (AvgIpc) is 2.85. The molecule has 4 nitrogen and oxygen atoms in total. The van der Waals surface area contributed by atoms with Crippen LogP contribution >= 0.6 is 0 Å². The van der Waals surface area contributed by atoms with Crippen molar-refractivity contribution in [1.29, 1.82) is 0 Å². The van der Waals surface area contributed by atoms with Crippen molar-refractivity contribution in [3.63, 3.8) is 0 Å². The van der Waals surface area contributed by atoms with E-state index in [0.717, 1.165) is 49.8 Å². The fourth-order valence-electron chi connectivity index (χ4n) is 4.10. The van der Waals surface area contributed by atoms with Crippen LogP contribution in [-0.4, -0.2) is 15.5 Å². The third-order valence-electron chi connectivity index (χ3n) is 5.22. The van der Waals surface area contributed by atoms with Gasteiger partial charge in [0.1, 0.15) is 0 Å². The van der Waals surface area contributed by atoms with Crippen LogP contribution in [0.3, 0.4) is 0 Å². The summed E-state index contributed by atoms with van der Waals surface area (Å²) < 4.78 is 1.83. The number of carbonyl (C=O) groups is 1. The Morgan fingerprint density at radius 1 is 1.00 bits per heavy atom. The van der Waals surface area contributed by atoms with E-state index < -0.39 is 5.97 Å². The number of fused-ring (bicyclic) bond motifs is 2. The van der Waals surface area contributed by atoms with Gasteiger partial charge in [-0.3, -0.25) is 4.98 Å². The summed E-state index contributed by atoms with van der Waals surface area (Å²) in [7, 11) is 0. The minimum Gasteiger partial charge on any atom is -0.548 e. The summed E-state index contributed by atoms with van der Waals surface area (Å²) in [6, 6.07) is 12.4. The molecule has 0 saturated heterocycles. The van der Waals surface area contributed by atoms with Crippen molar-refractivity contribution in [1.82, 2.24) is 9.55 Å². The van der Waals surface area contributed by atoms with Gasteiger partial charge in [-0.1, -0.05) is 23.3 Å². The van der Waals surface area contributed by atoms with Gasteiger partial charge in [0, 0.05) is 33.7 Å². The molecular formula is C23H21N2NaO2. The summed E-state index contributed by atoms with van der Waals surface area (Å²) in [5.41, 5.74) is 8.41. The summed E-state index contributed by atoms with van der Waals surface area (Å²) in [5, 5.41) is 13.5. The van der Waals surface area contributed by atoms with Crippen molar-refractivity contribution >= 4 is 27.8 Å². The average molecular weight is 380 g/mol. The zero-order valence-corrected chi connectivity index (χ0v) is 19.0.